The molecule has 0 atom stereocenters. The molecule has 3 heteroatoms. The van der Waals surface area contributed by atoms with E-state index in [-0.39, 0.29) is 5.78 Å². The lowest BCUT2D eigenvalue weighted by molar-refractivity contribution is 0.0994. The average molecular weight is 282 g/mol. The number of carbonyl (C=O) groups excluding carboxylic acids is 1. The summed E-state index contributed by atoms with van der Waals surface area (Å²) >= 11 is 6.11. The standard InChI is InChI=1S/C17H12ClNO/c18-16-7-2-1-4-12(16)10-17(20)15-6-3-5-13-11-19-9-8-14(13)15/h1-9,11H,10H2. The van der Waals surface area contributed by atoms with Gasteiger partial charge in [-0.1, -0.05) is 48.0 Å². The van der Waals surface area contributed by atoms with E-state index in [0.29, 0.717) is 17.0 Å². The van der Waals surface area contributed by atoms with Crippen LogP contribution in [0, 0.1) is 0 Å². The summed E-state index contributed by atoms with van der Waals surface area (Å²) in [5.41, 5.74) is 1.56. The molecule has 0 fully saturated rings. The summed E-state index contributed by atoms with van der Waals surface area (Å²) in [6.45, 7) is 0. The van der Waals surface area contributed by atoms with Gasteiger partial charge in [0, 0.05) is 34.8 Å². The first-order valence-corrected chi connectivity index (χ1v) is 6.73. The molecule has 0 spiro atoms. The fraction of sp³-hybridized carbons (Fsp3) is 0.0588. The minimum atomic E-state index is 0.0647. The highest BCUT2D eigenvalue weighted by molar-refractivity contribution is 6.31. The van der Waals surface area contributed by atoms with Gasteiger partial charge in [-0.15, -0.1) is 0 Å². The Bertz CT molecular complexity index is 777. The second-order valence-electron chi connectivity index (χ2n) is 4.59. The van der Waals surface area contributed by atoms with Crippen molar-refractivity contribution in [1.82, 2.24) is 4.98 Å². The topological polar surface area (TPSA) is 30.0 Å². The molecule has 3 rings (SSSR count). The van der Waals surface area contributed by atoms with Crippen LogP contribution in [0.1, 0.15) is 15.9 Å². The first-order chi connectivity index (χ1) is 9.75. The van der Waals surface area contributed by atoms with Crippen LogP contribution in [0.2, 0.25) is 5.02 Å². The van der Waals surface area contributed by atoms with Crippen molar-refractivity contribution in [3.8, 4) is 0 Å². The van der Waals surface area contributed by atoms with Crippen LogP contribution in [-0.2, 0) is 6.42 Å². The summed E-state index contributed by atoms with van der Waals surface area (Å²) in [6.07, 6.45) is 3.78. The number of rotatable bonds is 3. The molecular weight excluding hydrogens is 270 g/mol. The number of aromatic nitrogens is 1. The molecule has 0 aliphatic rings. The van der Waals surface area contributed by atoms with E-state index in [0.717, 1.165) is 16.3 Å². The SMILES string of the molecule is O=C(Cc1ccccc1Cl)c1cccc2cnccc12. The number of Topliss-reactive ketones (excluding diaryl/α,β-unsaturated/α-hetero) is 1. The lowest BCUT2D eigenvalue weighted by atomic mass is 9.98. The van der Waals surface area contributed by atoms with Crippen LogP contribution >= 0.6 is 11.6 Å². The molecule has 0 bridgehead atoms. The van der Waals surface area contributed by atoms with Crippen molar-refractivity contribution in [1.29, 1.82) is 0 Å². The highest BCUT2D eigenvalue weighted by atomic mass is 35.5. The Hall–Kier alpha value is -2.19. The summed E-state index contributed by atoms with van der Waals surface area (Å²) < 4.78 is 0. The van der Waals surface area contributed by atoms with Gasteiger partial charge in [0.15, 0.2) is 5.78 Å². The number of benzene rings is 2. The van der Waals surface area contributed by atoms with Gasteiger partial charge < -0.3 is 0 Å². The second kappa shape index (κ2) is 5.43. The molecule has 0 N–H and O–H groups in total. The Balaban J connectivity index is 1.99. The molecular formula is C17H12ClNO. The minimum Gasteiger partial charge on any atom is -0.294 e. The van der Waals surface area contributed by atoms with E-state index in [9.17, 15) is 4.79 Å². The zero-order valence-corrected chi connectivity index (χ0v) is 11.5. The monoisotopic (exact) mass is 281 g/mol. The molecule has 20 heavy (non-hydrogen) atoms. The van der Waals surface area contributed by atoms with Gasteiger partial charge in [0.1, 0.15) is 0 Å². The highest BCUT2D eigenvalue weighted by Crippen LogP contribution is 2.21. The van der Waals surface area contributed by atoms with E-state index in [1.807, 2.05) is 42.5 Å². The van der Waals surface area contributed by atoms with Crippen molar-refractivity contribution in [2.45, 2.75) is 6.42 Å². The largest absolute Gasteiger partial charge is 0.294 e. The van der Waals surface area contributed by atoms with Crippen LogP contribution < -0.4 is 0 Å². The molecule has 1 heterocycles. The second-order valence-corrected chi connectivity index (χ2v) is 5.00. The fourth-order valence-electron chi connectivity index (χ4n) is 2.28. The van der Waals surface area contributed by atoms with E-state index in [1.54, 1.807) is 18.5 Å². The smallest absolute Gasteiger partial charge is 0.167 e. The number of carbonyl (C=O) groups is 1. The molecule has 2 nitrogen and oxygen atoms in total. The molecule has 98 valence electrons. The van der Waals surface area contributed by atoms with Gasteiger partial charge in [0.05, 0.1) is 0 Å². The molecule has 1 aromatic heterocycles. The third kappa shape index (κ3) is 2.43. The first kappa shape index (κ1) is 12.8. The molecule has 0 saturated carbocycles. The zero-order valence-electron chi connectivity index (χ0n) is 10.7. The number of ketones is 1. The molecule has 0 aliphatic carbocycles. The van der Waals surface area contributed by atoms with Gasteiger partial charge in [0.2, 0.25) is 0 Å². The zero-order chi connectivity index (χ0) is 13.9. The molecule has 0 radical (unpaired) electrons. The number of hydrogen-bond acceptors (Lipinski definition) is 2. The number of pyridine rings is 1. The summed E-state index contributed by atoms with van der Waals surface area (Å²) in [4.78, 5) is 16.6. The van der Waals surface area contributed by atoms with Crippen molar-refractivity contribution < 1.29 is 4.79 Å². The average Bonchev–Trinajstić information content (AvgIpc) is 2.49. The summed E-state index contributed by atoms with van der Waals surface area (Å²) in [5, 5.41) is 2.53. The normalized spacial score (nSPS) is 10.7. The maximum Gasteiger partial charge on any atom is 0.167 e. The Kier molecular flexibility index (Phi) is 3.48. The molecule has 3 aromatic rings. The predicted octanol–water partition coefficient (Wildman–Crippen LogP) is 4.31. The van der Waals surface area contributed by atoms with Crippen molar-refractivity contribution >= 4 is 28.2 Å². The molecule has 0 aliphatic heterocycles. The van der Waals surface area contributed by atoms with Crippen LogP contribution in [0.25, 0.3) is 10.8 Å². The molecule has 0 amide bonds. The highest BCUT2D eigenvalue weighted by Gasteiger charge is 2.12. The maximum atomic E-state index is 12.5. The van der Waals surface area contributed by atoms with Crippen LogP contribution in [0.4, 0.5) is 0 Å². The predicted molar refractivity (Wildman–Crippen MR) is 81.2 cm³/mol. The van der Waals surface area contributed by atoms with Gasteiger partial charge in [-0.2, -0.15) is 0 Å². The van der Waals surface area contributed by atoms with Gasteiger partial charge in [-0.25, -0.2) is 0 Å². The van der Waals surface area contributed by atoms with E-state index < -0.39 is 0 Å². The van der Waals surface area contributed by atoms with Crippen molar-refractivity contribution in [2.24, 2.45) is 0 Å². The Morgan fingerprint density at radius 1 is 1.05 bits per heavy atom. The van der Waals surface area contributed by atoms with Crippen molar-refractivity contribution in [3.05, 3.63) is 77.1 Å². The quantitative estimate of drug-likeness (QED) is 0.670. The van der Waals surface area contributed by atoms with Gasteiger partial charge >= 0.3 is 0 Å². The minimum absolute atomic E-state index is 0.0647. The molecule has 0 saturated heterocycles. The Morgan fingerprint density at radius 3 is 2.75 bits per heavy atom. The van der Waals surface area contributed by atoms with Crippen LogP contribution in [0.3, 0.4) is 0 Å². The van der Waals surface area contributed by atoms with E-state index in [1.165, 1.54) is 0 Å². The third-order valence-corrected chi connectivity index (χ3v) is 3.66. The number of nitrogens with zero attached hydrogens (tertiary/aromatic N) is 1. The lowest BCUT2D eigenvalue weighted by Crippen LogP contribution is -2.04. The van der Waals surface area contributed by atoms with Gasteiger partial charge in [-0.05, 0) is 23.1 Å². The number of halogens is 1. The molecule has 0 unspecified atom stereocenters. The Labute approximate surface area is 122 Å². The van der Waals surface area contributed by atoms with Crippen LogP contribution in [0.15, 0.2) is 60.9 Å². The van der Waals surface area contributed by atoms with E-state index in [4.69, 9.17) is 11.6 Å². The van der Waals surface area contributed by atoms with Gasteiger partial charge in [-0.3, -0.25) is 9.78 Å². The van der Waals surface area contributed by atoms with E-state index >= 15 is 0 Å². The van der Waals surface area contributed by atoms with Crippen molar-refractivity contribution in [3.63, 3.8) is 0 Å². The molecule has 2 aromatic carbocycles. The van der Waals surface area contributed by atoms with Crippen LogP contribution in [-0.4, -0.2) is 10.8 Å². The van der Waals surface area contributed by atoms with Crippen LogP contribution in [0.5, 0.6) is 0 Å². The van der Waals surface area contributed by atoms with E-state index in [2.05, 4.69) is 4.98 Å². The number of hydrogen-bond donors (Lipinski definition) is 0. The Morgan fingerprint density at radius 2 is 1.90 bits per heavy atom. The maximum absolute atomic E-state index is 12.5. The fourth-order valence-corrected chi connectivity index (χ4v) is 2.48. The summed E-state index contributed by atoms with van der Waals surface area (Å²) in [6, 6.07) is 15.0. The first-order valence-electron chi connectivity index (χ1n) is 6.35. The summed E-state index contributed by atoms with van der Waals surface area (Å²) in [5.74, 6) is 0.0647. The lowest BCUT2D eigenvalue weighted by Gasteiger charge is -2.06. The van der Waals surface area contributed by atoms with Gasteiger partial charge in [0.25, 0.3) is 0 Å². The van der Waals surface area contributed by atoms with Crippen molar-refractivity contribution in [2.75, 3.05) is 0 Å². The third-order valence-electron chi connectivity index (χ3n) is 3.29. The number of fused-ring (bicyclic) bond motifs is 1. The summed E-state index contributed by atoms with van der Waals surface area (Å²) in [7, 11) is 0.